The summed E-state index contributed by atoms with van der Waals surface area (Å²) in [5, 5.41) is 8.23. The SMILES string of the molecule is CNC(=O)c1cccc(C2CNCCN2Cc2cscn2)c1. The van der Waals surface area contributed by atoms with Crippen LogP contribution in [-0.2, 0) is 6.54 Å². The van der Waals surface area contributed by atoms with Crippen LogP contribution < -0.4 is 10.6 Å². The number of piperazine rings is 1. The van der Waals surface area contributed by atoms with Crippen molar-refractivity contribution in [1.82, 2.24) is 20.5 Å². The summed E-state index contributed by atoms with van der Waals surface area (Å²) < 4.78 is 0. The van der Waals surface area contributed by atoms with Crippen molar-refractivity contribution in [2.24, 2.45) is 0 Å². The Kier molecular flexibility index (Phi) is 4.82. The Morgan fingerprint density at radius 1 is 1.55 bits per heavy atom. The highest BCUT2D eigenvalue weighted by atomic mass is 32.1. The van der Waals surface area contributed by atoms with E-state index in [0.29, 0.717) is 5.56 Å². The van der Waals surface area contributed by atoms with Gasteiger partial charge in [0.2, 0.25) is 0 Å². The lowest BCUT2D eigenvalue weighted by molar-refractivity contribution is 0.0962. The number of carbonyl (C=O) groups is 1. The summed E-state index contributed by atoms with van der Waals surface area (Å²) in [6, 6.07) is 8.15. The predicted octanol–water partition coefficient (Wildman–Crippen LogP) is 1.65. The molecule has 116 valence electrons. The molecule has 1 saturated heterocycles. The van der Waals surface area contributed by atoms with Crippen LogP contribution in [0.2, 0.25) is 0 Å². The molecule has 1 aromatic carbocycles. The van der Waals surface area contributed by atoms with Gasteiger partial charge in [0.1, 0.15) is 0 Å². The molecule has 5 nitrogen and oxygen atoms in total. The van der Waals surface area contributed by atoms with E-state index < -0.39 is 0 Å². The first-order valence-corrected chi connectivity index (χ1v) is 8.36. The van der Waals surface area contributed by atoms with Crippen molar-refractivity contribution in [3.63, 3.8) is 0 Å². The van der Waals surface area contributed by atoms with E-state index in [-0.39, 0.29) is 11.9 Å². The van der Waals surface area contributed by atoms with E-state index in [9.17, 15) is 4.79 Å². The molecule has 2 aromatic rings. The van der Waals surface area contributed by atoms with Crippen LogP contribution in [0.1, 0.15) is 27.7 Å². The Morgan fingerprint density at radius 2 is 2.45 bits per heavy atom. The quantitative estimate of drug-likeness (QED) is 0.900. The minimum Gasteiger partial charge on any atom is -0.355 e. The first-order chi connectivity index (χ1) is 10.8. The number of benzene rings is 1. The van der Waals surface area contributed by atoms with E-state index in [1.165, 1.54) is 5.56 Å². The number of nitrogens with zero attached hydrogens (tertiary/aromatic N) is 2. The van der Waals surface area contributed by atoms with Crippen molar-refractivity contribution in [2.75, 3.05) is 26.7 Å². The number of aromatic nitrogens is 1. The average molecular weight is 316 g/mol. The lowest BCUT2D eigenvalue weighted by atomic mass is 10.0. The van der Waals surface area contributed by atoms with Crippen LogP contribution >= 0.6 is 11.3 Å². The number of hydrogen-bond donors (Lipinski definition) is 2. The van der Waals surface area contributed by atoms with Crippen LogP contribution in [0, 0.1) is 0 Å². The zero-order valence-electron chi connectivity index (χ0n) is 12.6. The van der Waals surface area contributed by atoms with Gasteiger partial charge in [-0.15, -0.1) is 11.3 Å². The van der Waals surface area contributed by atoms with E-state index in [1.54, 1.807) is 18.4 Å². The molecule has 22 heavy (non-hydrogen) atoms. The summed E-state index contributed by atoms with van der Waals surface area (Å²) in [5.41, 5.74) is 4.86. The first kappa shape index (κ1) is 15.1. The second-order valence-corrected chi connectivity index (χ2v) is 6.09. The Hall–Kier alpha value is -1.76. The molecule has 1 fully saturated rings. The van der Waals surface area contributed by atoms with Crippen molar-refractivity contribution in [1.29, 1.82) is 0 Å². The summed E-state index contributed by atoms with van der Waals surface area (Å²) in [5.74, 6) is -0.0448. The zero-order valence-corrected chi connectivity index (χ0v) is 13.4. The molecular formula is C16H20N4OS. The van der Waals surface area contributed by atoms with Gasteiger partial charge in [0.15, 0.2) is 0 Å². The van der Waals surface area contributed by atoms with E-state index >= 15 is 0 Å². The number of amides is 1. The summed E-state index contributed by atoms with van der Waals surface area (Å²) in [4.78, 5) is 18.7. The van der Waals surface area contributed by atoms with E-state index in [4.69, 9.17) is 0 Å². The highest BCUT2D eigenvalue weighted by Crippen LogP contribution is 2.25. The Balaban J connectivity index is 1.82. The molecule has 0 spiro atoms. The maximum Gasteiger partial charge on any atom is 0.251 e. The van der Waals surface area contributed by atoms with Crippen LogP contribution in [0.3, 0.4) is 0 Å². The molecule has 1 unspecified atom stereocenters. The molecule has 1 amide bonds. The van der Waals surface area contributed by atoms with Gasteiger partial charge in [-0.2, -0.15) is 0 Å². The molecule has 0 aliphatic carbocycles. The third-order valence-electron chi connectivity index (χ3n) is 3.96. The molecular weight excluding hydrogens is 296 g/mol. The van der Waals surface area contributed by atoms with Gasteiger partial charge >= 0.3 is 0 Å². The van der Waals surface area contributed by atoms with Crippen molar-refractivity contribution >= 4 is 17.2 Å². The number of hydrogen-bond acceptors (Lipinski definition) is 5. The second-order valence-electron chi connectivity index (χ2n) is 5.37. The third-order valence-corrected chi connectivity index (χ3v) is 4.60. The summed E-state index contributed by atoms with van der Waals surface area (Å²) in [6.45, 7) is 3.70. The summed E-state index contributed by atoms with van der Waals surface area (Å²) >= 11 is 1.63. The number of nitrogens with one attached hydrogen (secondary N) is 2. The number of carbonyl (C=O) groups excluding carboxylic acids is 1. The molecule has 2 heterocycles. The third kappa shape index (κ3) is 3.35. The molecule has 1 aromatic heterocycles. The zero-order chi connectivity index (χ0) is 15.4. The van der Waals surface area contributed by atoms with Crippen molar-refractivity contribution < 1.29 is 4.79 Å². The van der Waals surface area contributed by atoms with Gasteiger partial charge in [-0.1, -0.05) is 12.1 Å². The fraction of sp³-hybridized carbons (Fsp3) is 0.375. The molecule has 3 rings (SSSR count). The topological polar surface area (TPSA) is 57.3 Å². The lowest BCUT2D eigenvalue weighted by Gasteiger charge is -2.36. The normalized spacial score (nSPS) is 19.0. The van der Waals surface area contributed by atoms with Crippen LogP contribution in [0.4, 0.5) is 0 Å². The van der Waals surface area contributed by atoms with Crippen molar-refractivity contribution in [2.45, 2.75) is 12.6 Å². The number of thiazole rings is 1. The largest absolute Gasteiger partial charge is 0.355 e. The van der Waals surface area contributed by atoms with Gasteiger partial charge in [0.05, 0.1) is 11.2 Å². The Bertz CT molecular complexity index is 629. The predicted molar refractivity (Wildman–Crippen MR) is 88.0 cm³/mol. The molecule has 0 saturated carbocycles. The molecule has 0 radical (unpaired) electrons. The Labute approximate surface area is 134 Å². The van der Waals surface area contributed by atoms with Gasteiger partial charge in [-0.05, 0) is 17.7 Å². The second kappa shape index (κ2) is 7.00. The molecule has 2 N–H and O–H groups in total. The van der Waals surface area contributed by atoms with Gasteiger partial charge in [0, 0.05) is 50.2 Å². The molecule has 0 bridgehead atoms. The van der Waals surface area contributed by atoms with Crippen LogP contribution in [0.5, 0.6) is 0 Å². The van der Waals surface area contributed by atoms with Crippen LogP contribution in [0.15, 0.2) is 35.2 Å². The van der Waals surface area contributed by atoms with Gasteiger partial charge in [-0.25, -0.2) is 4.98 Å². The van der Waals surface area contributed by atoms with Gasteiger partial charge in [-0.3, -0.25) is 9.69 Å². The standard InChI is InChI=1S/C16H20N4OS/c1-17-16(21)13-4-2-3-12(7-13)15-8-18-5-6-20(15)9-14-10-22-11-19-14/h2-4,7,10-11,15,18H,5-6,8-9H2,1H3,(H,17,21). The van der Waals surface area contributed by atoms with E-state index in [0.717, 1.165) is 31.9 Å². The maximum atomic E-state index is 11.8. The molecule has 6 heteroatoms. The highest BCUT2D eigenvalue weighted by Gasteiger charge is 2.24. The fourth-order valence-corrected chi connectivity index (χ4v) is 3.37. The minimum absolute atomic E-state index is 0.0448. The van der Waals surface area contributed by atoms with Gasteiger partial charge < -0.3 is 10.6 Å². The smallest absolute Gasteiger partial charge is 0.251 e. The lowest BCUT2D eigenvalue weighted by Crippen LogP contribution is -2.45. The average Bonchev–Trinajstić information content (AvgIpc) is 3.08. The minimum atomic E-state index is -0.0448. The highest BCUT2D eigenvalue weighted by molar-refractivity contribution is 7.07. The maximum absolute atomic E-state index is 11.8. The molecule has 1 aliphatic heterocycles. The van der Waals surface area contributed by atoms with Crippen molar-refractivity contribution in [3.8, 4) is 0 Å². The molecule has 1 atom stereocenters. The van der Waals surface area contributed by atoms with Gasteiger partial charge in [0.25, 0.3) is 5.91 Å². The van der Waals surface area contributed by atoms with E-state index in [1.807, 2.05) is 23.7 Å². The molecule has 1 aliphatic rings. The first-order valence-electron chi connectivity index (χ1n) is 7.42. The summed E-state index contributed by atoms with van der Waals surface area (Å²) in [7, 11) is 1.66. The monoisotopic (exact) mass is 316 g/mol. The fourth-order valence-electron chi connectivity index (χ4n) is 2.82. The van der Waals surface area contributed by atoms with Crippen molar-refractivity contribution in [3.05, 3.63) is 52.0 Å². The number of rotatable bonds is 4. The van der Waals surface area contributed by atoms with Crippen LogP contribution in [0.25, 0.3) is 0 Å². The Morgan fingerprint density at radius 3 is 3.23 bits per heavy atom. The van der Waals surface area contributed by atoms with E-state index in [2.05, 4.69) is 32.0 Å². The summed E-state index contributed by atoms with van der Waals surface area (Å²) in [6.07, 6.45) is 0. The van der Waals surface area contributed by atoms with Crippen LogP contribution in [-0.4, -0.2) is 42.5 Å².